The number of hydrogen-bond acceptors (Lipinski definition) is 4. The van der Waals surface area contributed by atoms with Gasteiger partial charge in [0.1, 0.15) is 6.04 Å². The number of ether oxygens (including phenoxy) is 1. The van der Waals surface area contributed by atoms with Gasteiger partial charge in [-0.1, -0.05) is 13.3 Å². The van der Waals surface area contributed by atoms with Crippen molar-refractivity contribution in [2.24, 2.45) is 0 Å². The Morgan fingerprint density at radius 3 is 3.05 bits per heavy atom. The van der Waals surface area contributed by atoms with Gasteiger partial charge < -0.3 is 15.4 Å². The molecule has 3 atom stereocenters. The van der Waals surface area contributed by atoms with Crippen LogP contribution < -0.4 is 10.6 Å². The van der Waals surface area contributed by atoms with Crippen molar-refractivity contribution in [3.05, 3.63) is 0 Å². The highest BCUT2D eigenvalue weighted by Gasteiger charge is 2.33. The van der Waals surface area contributed by atoms with Gasteiger partial charge in [0.25, 0.3) is 0 Å². The minimum absolute atomic E-state index is 0.121. The van der Waals surface area contributed by atoms with Crippen LogP contribution in [0.1, 0.15) is 46.0 Å². The highest BCUT2D eigenvalue weighted by molar-refractivity contribution is 5.82. The van der Waals surface area contributed by atoms with Crippen molar-refractivity contribution in [3.63, 3.8) is 0 Å². The summed E-state index contributed by atoms with van der Waals surface area (Å²) < 4.78 is 5.54. The third kappa shape index (κ3) is 4.94. The summed E-state index contributed by atoms with van der Waals surface area (Å²) in [6.45, 7) is 8.34. The first-order valence-corrected chi connectivity index (χ1v) is 8.57. The first-order valence-electron chi connectivity index (χ1n) is 8.57. The van der Waals surface area contributed by atoms with Crippen molar-refractivity contribution < 1.29 is 9.53 Å². The first kappa shape index (κ1) is 16.7. The Kier molecular flexibility index (Phi) is 6.93. The summed E-state index contributed by atoms with van der Waals surface area (Å²) in [5.41, 5.74) is 0. The quantitative estimate of drug-likeness (QED) is 0.772. The first-order chi connectivity index (χ1) is 10.2. The Morgan fingerprint density at radius 2 is 2.33 bits per heavy atom. The van der Waals surface area contributed by atoms with Gasteiger partial charge in [0, 0.05) is 25.2 Å². The van der Waals surface area contributed by atoms with Gasteiger partial charge in [0.05, 0.1) is 13.2 Å². The summed E-state index contributed by atoms with van der Waals surface area (Å²) in [6, 6.07) is 0.904. The van der Waals surface area contributed by atoms with E-state index in [0.717, 1.165) is 39.1 Å². The summed E-state index contributed by atoms with van der Waals surface area (Å²) in [6.07, 6.45) is 5.98. The molecule has 122 valence electrons. The van der Waals surface area contributed by atoms with Crippen molar-refractivity contribution >= 4 is 5.91 Å². The van der Waals surface area contributed by atoms with Gasteiger partial charge in [-0.2, -0.15) is 0 Å². The summed E-state index contributed by atoms with van der Waals surface area (Å²) in [7, 11) is 0. The fourth-order valence-electron chi connectivity index (χ4n) is 3.41. The van der Waals surface area contributed by atoms with Crippen LogP contribution in [0.15, 0.2) is 0 Å². The largest absolute Gasteiger partial charge is 0.378 e. The van der Waals surface area contributed by atoms with Crippen LogP contribution in [0, 0.1) is 0 Å². The standard InChI is InChI=1S/C16H31N3O2/c1-3-7-18-16(20)15-12-21-10-9-19(15)13(2)11-14-6-4-5-8-17-14/h13-15,17H,3-12H2,1-2H3,(H,18,20). The SMILES string of the molecule is CCCNC(=O)C1COCCN1C(C)CC1CCCCN1. The topological polar surface area (TPSA) is 53.6 Å². The van der Waals surface area contributed by atoms with Gasteiger partial charge in [-0.25, -0.2) is 0 Å². The van der Waals surface area contributed by atoms with Crippen LogP contribution >= 0.6 is 0 Å². The van der Waals surface area contributed by atoms with Crippen molar-refractivity contribution in [3.8, 4) is 0 Å². The molecule has 1 amide bonds. The molecule has 2 N–H and O–H groups in total. The fraction of sp³-hybridized carbons (Fsp3) is 0.938. The second-order valence-electron chi connectivity index (χ2n) is 6.35. The molecule has 2 fully saturated rings. The molecule has 0 spiro atoms. The van der Waals surface area contributed by atoms with Crippen LogP contribution in [0.2, 0.25) is 0 Å². The number of amides is 1. The number of rotatable bonds is 6. The van der Waals surface area contributed by atoms with Crippen molar-refractivity contribution in [1.82, 2.24) is 15.5 Å². The van der Waals surface area contributed by atoms with Crippen molar-refractivity contribution in [1.29, 1.82) is 0 Å². The smallest absolute Gasteiger partial charge is 0.239 e. The molecule has 2 saturated heterocycles. The predicted octanol–water partition coefficient (Wildman–Crippen LogP) is 1.13. The van der Waals surface area contributed by atoms with Gasteiger partial charge in [0.2, 0.25) is 5.91 Å². The summed E-state index contributed by atoms with van der Waals surface area (Å²) in [5, 5.41) is 6.62. The molecular formula is C16H31N3O2. The van der Waals surface area contributed by atoms with Crippen LogP contribution in [-0.4, -0.2) is 61.8 Å². The monoisotopic (exact) mass is 297 g/mol. The fourth-order valence-corrected chi connectivity index (χ4v) is 3.41. The number of nitrogens with one attached hydrogen (secondary N) is 2. The molecule has 5 nitrogen and oxygen atoms in total. The molecule has 0 aromatic carbocycles. The molecule has 0 aromatic rings. The molecule has 21 heavy (non-hydrogen) atoms. The molecule has 2 heterocycles. The van der Waals surface area contributed by atoms with Gasteiger partial charge >= 0.3 is 0 Å². The van der Waals surface area contributed by atoms with E-state index in [-0.39, 0.29) is 11.9 Å². The average molecular weight is 297 g/mol. The van der Waals surface area contributed by atoms with E-state index in [1.54, 1.807) is 0 Å². The molecule has 0 aliphatic carbocycles. The zero-order chi connectivity index (χ0) is 15.1. The van der Waals surface area contributed by atoms with E-state index in [1.165, 1.54) is 19.3 Å². The lowest BCUT2D eigenvalue weighted by Gasteiger charge is -2.40. The maximum Gasteiger partial charge on any atom is 0.239 e. The normalized spacial score (nSPS) is 29.0. The van der Waals surface area contributed by atoms with Gasteiger partial charge in [0.15, 0.2) is 0 Å². The van der Waals surface area contributed by atoms with Crippen LogP contribution in [-0.2, 0) is 9.53 Å². The molecule has 2 aliphatic rings. The van der Waals surface area contributed by atoms with Crippen LogP contribution in [0.25, 0.3) is 0 Å². The lowest BCUT2D eigenvalue weighted by Crippen LogP contribution is -2.57. The number of carbonyl (C=O) groups is 1. The summed E-state index contributed by atoms with van der Waals surface area (Å²) >= 11 is 0. The van der Waals surface area contributed by atoms with E-state index in [2.05, 4.69) is 29.4 Å². The Morgan fingerprint density at radius 1 is 1.48 bits per heavy atom. The van der Waals surface area contributed by atoms with E-state index in [4.69, 9.17) is 4.74 Å². The maximum atomic E-state index is 12.3. The molecule has 5 heteroatoms. The lowest BCUT2D eigenvalue weighted by molar-refractivity contribution is -0.134. The van der Waals surface area contributed by atoms with Crippen LogP contribution in [0.3, 0.4) is 0 Å². The Labute approximate surface area is 128 Å². The van der Waals surface area contributed by atoms with Gasteiger partial charge in [-0.3, -0.25) is 9.69 Å². The zero-order valence-corrected chi connectivity index (χ0v) is 13.6. The minimum Gasteiger partial charge on any atom is -0.378 e. The number of carbonyl (C=O) groups excluding carboxylic acids is 1. The number of morpholine rings is 1. The van der Waals surface area contributed by atoms with Crippen molar-refractivity contribution in [2.45, 2.75) is 64.1 Å². The van der Waals surface area contributed by atoms with E-state index in [9.17, 15) is 4.79 Å². The molecule has 2 rings (SSSR count). The third-order valence-corrected chi connectivity index (χ3v) is 4.63. The highest BCUT2D eigenvalue weighted by atomic mass is 16.5. The molecule has 0 saturated carbocycles. The Hall–Kier alpha value is -0.650. The summed E-state index contributed by atoms with van der Waals surface area (Å²) in [4.78, 5) is 14.7. The van der Waals surface area contributed by atoms with E-state index in [0.29, 0.717) is 18.7 Å². The predicted molar refractivity (Wildman–Crippen MR) is 84.3 cm³/mol. The zero-order valence-electron chi connectivity index (χ0n) is 13.6. The van der Waals surface area contributed by atoms with E-state index < -0.39 is 0 Å². The average Bonchev–Trinajstić information content (AvgIpc) is 2.53. The molecular weight excluding hydrogens is 266 g/mol. The molecule has 0 aromatic heterocycles. The molecule has 3 unspecified atom stereocenters. The highest BCUT2D eigenvalue weighted by Crippen LogP contribution is 2.19. The van der Waals surface area contributed by atoms with Gasteiger partial charge in [-0.15, -0.1) is 0 Å². The van der Waals surface area contributed by atoms with E-state index in [1.807, 2.05) is 0 Å². The summed E-state index contributed by atoms with van der Waals surface area (Å²) in [5.74, 6) is 0.125. The second kappa shape index (κ2) is 8.71. The van der Waals surface area contributed by atoms with E-state index >= 15 is 0 Å². The van der Waals surface area contributed by atoms with Crippen LogP contribution in [0.4, 0.5) is 0 Å². The van der Waals surface area contributed by atoms with Gasteiger partial charge in [-0.05, 0) is 39.2 Å². The lowest BCUT2D eigenvalue weighted by atomic mass is 9.97. The Bertz CT molecular complexity index is 319. The van der Waals surface area contributed by atoms with Crippen molar-refractivity contribution in [2.75, 3.05) is 32.8 Å². The number of nitrogens with zero attached hydrogens (tertiary/aromatic N) is 1. The minimum atomic E-state index is -0.121. The number of piperidine rings is 1. The number of hydrogen-bond donors (Lipinski definition) is 2. The molecule has 2 aliphatic heterocycles. The molecule has 0 radical (unpaired) electrons. The van der Waals surface area contributed by atoms with Crippen LogP contribution in [0.5, 0.6) is 0 Å². The Balaban J connectivity index is 1.88. The second-order valence-corrected chi connectivity index (χ2v) is 6.35. The molecule has 0 bridgehead atoms. The maximum absolute atomic E-state index is 12.3. The third-order valence-electron chi connectivity index (χ3n) is 4.63.